The first-order chi connectivity index (χ1) is 10.9. The van der Waals surface area contributed by atoms with Gasteiger partial charge >= 0.3 is 144 Å². The Kier molecular flexibility index (Phi) is 6.30. The van der Waals surface area contributed by atoms with Crippen molar-refractivity contribution in [2.24, 2.45) is 5.41 Å². The topological polar surface area (TPSA) is 84.1 Å². The summed E-state index contributed by atoms with van der Waals surface area (Å²) < 4.78 is 10.6. The van der Waals surface area contributed by atoms with Crippen molar-refractivity contribution in [3.05, 3.63) is 40.8 Å². The number of esters is 1. The fourth-order valence-corrected chi connectivity index (χ4v) is 6.44. The molecule has 0 bridgehead atoms. The number of hydrogen-bond acceptors (Lipinski definition) is 5. The van der Waals surface area contributed by atoms with Gasteiger partial charge in [-0.2, -0.15) is 0 Å². The number of rotatable bonds is 7. The Bertz CT molecular complexity index is 744. The van der Waals surface area contributed by atoms with Crippen LogP contribution in [0.5, 0.6) is 5.75 Å². The van der Waals surface area contributed by atoms with E-state index in [1.807, 2.05) is 24.0 Å². The molecule has 1 heterocycles. The molecular formula is C16H20NO4SSe+. The molecule has 1 aromatic carbocycles. The van der Waals surface area contributed by atoms with E-state index in [1.165, 1.54) is 6.07 Å². The van der Waals surface area contributed by atoms with E-state index in [2.05, 4.69) is 5.73 Å². The van der Waals surface area contributed by atoms with Crippen LogP contribution in [-0.4, -0.2) is 32.1 Å². The summed E-state index contributed by atoms with van der Waals surface area (Å²) in [5, 5.41) is 1.59. The van der Waals surface area contributed by atoms with Gasteiger partial charge in [0.2, 0.25) is 0 Å². The molecule has 3 N–H and O–H groups in total. The van der Waals surface area contributed by atoms with Crippen LogP contribution >= 0.6 is 10.2 Å². The average molecular weight is 401 g/mol. The van der Waals surface area contributed by atoms with Gasteiger partial charge in [-0.15, -0.1) is 0 Å². The van der Waals surface area contributed by atoms with E-state index in [4.69, 9.17) is 9.15 Å². The first kappa shape index (κ1) is 18.1. The number of benzene rings is 1. The molecule has 23 heavy (non-hydrogen) atoms. The van der Waals surface area contributed by atoms with Crippen LogP contribution in [0.4, 0.5) is 0 Å². The van der Waals surface area contributed by atoms with Gasteiger partial charge in [0.05, 0.1) is 0 Å². The molecular weight excluding hydrogens is 381 g/mol. The average Bonchev–Trinajstić information content (AvgIpc) is 2.51. The van der Waals surface area contributed by atoms with E-state index in [1.54, 1.807) is 24.3 Å². The first-order valence-electron chi connectivity index (χ1n) is 7.22. The zero-order valence-corrected chi connectivity index (χ0v) is 15.7. The SMILES string of the molecule is CC(C)(C[Se]SCC[NH3+])C(=O)Oc1ccc2ccc(=O)oc2c1. The fraction of sp³-hybridized carbons (Fsp3) is 0.375. The van der Waals surface area contributed by atoms with E-state index < -0.39 is 11.0 Å². The Morgan fingerprint density at radius 3 is 2.83 bits per heavy atom. The molecule has 5 nitrogen and oxygen atoms in total. The van der Waals surface area contributed by atoms with Crippen LogP contribution in [0.2, 0.25) is 5.32 Å². The van der Waals surface area contributed by atoms with Gasteiger partial charge in [0.1, 0.15) is 0 Å². The molecule has 0 unspecified atom stereocenters. The van der Waals surface area contributed by atoms with Gasteiger partial charge in [-0.05, 0) is 0 Å². The monoisotopic (exact) mass is 402 g/mol. The molecule has 0 saturated carbocycles. The van der Waals surface area contributed by atoms with Crippen LogP contribution in [0.25, 0.3) is 11.0 Å². The van der Waals surface area contributed by atoms with Crippen LogP contribution in [0.15, 0.2) is 39.5 Å². The van der Waals surface area contributed by atoms with Crippen LogP contribution in [0.3, 0.4) is 0 Å². The Balaban J connectivity index is 2.05. The van der Waals surface area contributed by atoms with E-state index in [0.29, 0.717) is 25.2 Å². The summed E-state index contributed by atoms with van der Waals surface area (Å²) in [4.78, 5) is 23.6. The number of fused-ring (bicyclic) bond motifs is 1. The minimum atomic E-state index is -0.541. The van der Waals surface area contributed by atoms with Crippen molar-refractivity contribution in [1.29, 1.82) is 0 Å². The molecule has 124 valence electrons. The van der Waals surface area contributed by atoms with Crippen LogP contribution in [0.1, 0.15) is 13.8 Å². The van der Waals surface area contributed by atoms with Crippen LogP contribution in [-0.2, 0) is 4.79 Å². The van der Waals surface area contributed by atoms with E-state index in [0.717, 1.165) is 23.0 Å². The molecule has 7 heteroatoms. The predicted octanol–water partition coefficient (Wildman–Crippen LogP) is 1.74. The third-order valence-electron chi connectivity index (χ3n) is 3.09. The molecule has 0 aliphatic rings. The van der Waals surface area contributed by atoms with Gasteiger partial charge in [-0.25, -0.2) is 0 Å². The Hall–Kier alpha value is -1.27. The van der Waals surface area contributed by atoms with Gasteiger partial charge in [0.15, 0.2) is 0 Å². The number of carbonyl (C=O) groups is 1. The van der Waals surface area contributed by atoms with Crippen LogP contribution < -0.4 is 16.1 Å². The van der Waals surface area contributed by atoms with Crippen molar-refractivity contribution in [3.63, 3.8) is 0 Å². The van der Waals surface area contributed by atoms with Crippen molar-refractivity contribution in [3.8, 4) is 5.75 Å². The second-order valence-electron chi connectivity index (χ2n) is 5.67. The minimum absolute atomic E-state index is 0.271. The zero-order chi connectivity index (χ0) is 16.9. The number of hydrogen-bond donors (Lipinski definition) is 1. The van der Waals surface area contributed by atoms with Crippen molar-refractivity contribution >= 4 is 41.0 Å². The fourth-order valence-electron chi connectivity index (χ4n) is 1.72. The first-order valence-corrected chi connectivity index (χ1v) is 11.4. The van der Waals surface area contributed by atoms with Gasteiger partial charge < -0.3 is 0 Å². The summed E-state index contributed by atoms with van der Waals surface area (Å²) in [5.74, 6) is 1.14. The maximum absolute atomic E-state index is 12.4. The van der Waals surface area contributed by atoms with Crippen molar-refractivity contribution in [2.45, 2.75) is 19.2 Å². The molecule has 0 radical (unpaired) electrons. The van der Waals surface area contributed by atoms with Crippen molar-refractivity contribution in [2.75, 3.05) is 12.3 Å². The molecule has 0 spiro atoms. The number of quaternary nitrogens is 1. The van der Waals surface area contributed by atoms with Gasteiger partial charge in [-0.3, -0.25) is 0 Å². The molecule has 2 rings (SSSR count). The third kappa shape index (κ3) is 5.11. The summed E-state index contributed by atoms with van der Waals surface area (Å²) in [7, 11) is 1.85. The van der Waals surface area contributed by atoms with Crippen LogP contribution in [0, 0.1) is 5.41 Å². The molecule has 0 aliphatic carbocycles. The maximum atomic E-state index is 12.4. The Labute approximate surface area is 144 Å². The molecule has 2 aromatic rings. The van der Waals surface area contributed by atoms with Crippen molar-refractivity contribution in [1.82, 2.24) is 0 Å². The Morgan fingerprint density at radius 1 is 1.35 bits per heavy atom. The zero-order valence-electron chi connectivity index (χ0n) is 13.2. The quantitative estimate of drug-likeness (QED) is 0.251. The summed E-state index contributed by atoms with van der Waals surface area (Å²) >= 11 is 0.330. The number of ether oxygens (including phenoxy) is 1. The van der Waals surface area contributed by atoms with E-state index in [9.17, 15) is 9.59 Å². The second kappa shape index (κ2) is 8.01. The summed E-state index contributed by atoms with van der Waals surface area (Å²) in [6.45, 7) is 4.69. The van der Waals surface area contributed by atoms with E-state index in [-0.39, 0.29) is 5.97 Å². The summed E-state index contributed by atoms with van der Waals surface area (Å²) in [6.07, 6.45) is 0. The molecule has 0 saturated heterocycles. The predicted molar refractivity (Wildman–Crippen MR) is 92.7 cm³/mol. The molecule has 0 atom stereocenters. The second-order valence-corrected chi connectivity index (χ2v) is 10.1. The molecule has 0 aliphatic heterocycles. The molecule has 0 amide bonds. The normalized spacial score (nSPS) is 11.6. The summed E-state index contributed by atoms with van der Waals surface area (Å²) in [6, 6.07) is 8.09. The van der Waals surface area contributed by atoms with E-state index >= 15 is 0 Å². The van der Waals surface area contributed by atoms with Gasteiger partial charge in [0, 0.05) is 0 Å². The standard InChI is InChI=1S/C16H19NO4SSe/c1-16(2,10-23-22-8-7-17)15(19)20-12-5-3-11-4-6-14(18)21-13(11)9-12/h3-6,9H,7-8,10,17H2,1-2H3/p+1. The van der Waals surface area contributed by atoms with Gasteiger partial charge in [-0.1, -0.05) is 0 Å². The molecule has 1 aromatic heterocycles. The molecule has 0 fully saturated rings. The third-order valence-corrected chi connectivity index (χ3v) is 8.18. The van der Waals surface area contributed by atoms with Crippen molar-refractivity contribution < 1.29 is 19.7 Å². The summed E-state index contributed by atoms with van der Waals surface area (Å²) in [5.41, 5.74) is 3.26. The van der Waals surface area contributed by atoms with Gasteiger partial charge in [0.25, 0.3) is 0 Å². The Morgan fingerprint density at radius 2 is 2.09 bits per heavy atom. The number of carbonyl (C=O) groups excluding carboxylic acids is 1.